The number of sulfonamides is 1. The highest BCUT2D eigenvalue weighted by Gasteiger charge is 2.29. The van der Waals surface area contributed by atoms with Crippen molar-refractivity contribution in [3.05, 3.63) is 65.5 Å². The second kappa shape index (κ2) is 8.22. The van der Waals surface area contributed by atoms with E-state index in [2.05, 4.69) is 39.0 Å². The molecule has 1 aromatic heterocycles. The molecule has 0 radical (unpaired) electrons. The molecule has 1 fully saturated rings. The number of anilines is 1. The van der Waals surface area contributed by atoms with Crippen LogP contribution in [-0.2, 0) is 22.9 Å². The normalized spacial score (nSPS) is 19.4. The van der Waals surface area contributed by atoms with Crippen LogP contribution in [0.1, 0.15) is 23.1 Å². The minimum atomic E-state index is -3.64. The maximum atomic E-state index is 13.3. The van der Waals surface area contributed by atoms with Crippen molar-refractivity contribution in [2.75, 3.05) is 31.1 Å². The maximum Gasteiger partial charge on any atom is 0.241 e. The van der Waals surface area contributed by atoms with Gasteiger partial charge in [0.1, 0.15) is 0 Å². The molecule has 7 heteroatoms. The van der Waals surface area contributed by atoms with Crippen LogP contribution in [0.25, 0.3) is 10.8 Å². The van der Waals surface area contributed by atoms with Crippen molar-refractivity contribution >= 4 is 26.5 Å². The van der Waals surface area contributed by atoms with E-state index in [1.807, 2.05) is 6.07 Å². The summed E-state index contributed by atoms with van der Waals surface area (Å²) in [6, 6.07) is 11.4. The standard InChI is InChI=1S/C24H28N4O2S/c1-17-5-8-23(28-13-11-25-12-14-28)22-15-19(6-7-20(17)22)27-31(29,30)24-4-2-3-18-16-26-10-9-21(18)24/h2-5,8-10,16,19,25,27H,6-7,11-15H2,1H3/t19-/m1/s1. The van der Waals surface area contributed by atoms with Crippen LogP contribution >= 0.6 is 0 Å². The summed E-state index contributed by atoms with van der Waals surface area (Å²) in [5.41, 5.74) is 5.27. The molecule has 31 heavy (non-hydrogen) atoms. The molecule has 5 rings (SSSR count). The number of hydrogen-bond donors (Lipinski definition) is 2. The van der Waals surface area contributed by atoms with Gasteiger partial charge in [0, 0.05) is 61.1 Å². The van der Waals surface area contributed by atoms with Crippen molar-refractivity contribution in [2.24, 2.45) is 0 Å². The summed E-state index contributed by atoms with van der Waals surface area (Å²) < 4.78 is 29.7. The lowest BCUT2D eigenvalue weighted by Crippen LogP contribution is -2.45. The van der Waals surface area contributed by atoms with Gasteiger partial charge in [0.2, 0.25) is 10.0 Å². The Labute approximate surface area is 183 Å². The Balaban J connectivity index is 1.45. The molecule has 2 N–H and O–H groups in total. The summed E-state index contributed by atoms with van der Waals surface area (Å²) in [5, 5.41) is 4.95. The van der Waals surface area contributed by atoms with Gasteiger partial charge in [-0.15, -0.1) is 0 Å². The van der Waals surface area contributed by atoms with Gasteiger partial charge in [-0.05, 0) is 61.1 Å². The summed E-state index contributed by atoms with van der Waals surface area (Å²) in [6.45, 7) is 6.09. The number of aromatic nitrogens is 1. The number of piperazine rings is 1. The van der Waals surface area contributed by atoms with Crippen LogP contribution in [0.15, 0.2) is 53.7 Å². The molecule has 2 aliphatic rings. The smallest absolute Gasteiger partial charge is 0.241 e. The van der Waals surface area contributed by atoms with Crippen molar-refractivity contribution in [3.8, 4) is 0 Å². The minimum Gasteiger partial charge on any atom is -0.369 e. The van der Waals surface area contributed by atoms with E-state index in [1.165, 1.54) is 22.4 Å². The number of benzene rings is 2. The zero-order valence-electron chi connectivity index (χ0n) is 17.8. The maximum absolute atomic E-state index is 13.3. The van der Waals surface area contributed by atoms with Gasteiger partial charge >= 0.3 is 0 Å². The predicted molar refractivity (Wildman–Crippen MR) is 124 cm³/mol. The van der Waals surface area contributed by atoms with Crippen LogP contribution in [0.4, 0.5) is 5.69 Å². The molecule has 162 valence electrons. The molecule has 0 saturated carbocycles. The molecule has 0 spiro atoms. The molecule has 1 saturated heterocycles. The van der Waals surface area contributed by atoms with Crippen molar-refractivity contribution in [1.82, 2.24) is 15.0 Å². The third kappa shape index (κ3) is 3.93. The Kier molecular flexibility index (Phi) is 5.42. The number of hydrogen-bond acceptors (Lipinski definition) is 5. The molecule has 6 nitrogen and oxygen atoms in total. The van der Waals surface area contributed by atoms with Crippen molar-refractivity contribution < 1.29 is 8.42 Å². The van der Waals surface area contributed by atoms with Gasteiger partial charge < -0.3 is 10.2 Å². The zero-order valence-corrected chi connectivity index (χ0v) is 18.6. The summed E-state index contributed by atoms with van der Waals surface area (Å²) in [5.74, 6) is 0. The number of nitrogens with zero attached hydrogens (tertiary/aromatic N) is 2. The molecular weight excluding hydrogens is 408 g/mol. The number of rotatable bonds is 4. The van der Waals surface area contributed by atoms with Crippen LogP contribution in [0.3, 0.4) is 0 Å². The average molecular weight is 437 g/mol. The summed E-state index contributed by atoms with van der Waals surface area (Å²) in [4.78, 5) is 6.87. The molecule has 3 aromatic rings. The van der Waals surface area contributed by atoms with Crippen LogP contribution in [0.2, 0.25) is 0 Å². The Morgan fingerprint density at radius 1 is 1.10 bits per heavy atom. The largest absolute Gasteiger partial charge is 0.369 e. The van der Waals surface area contributed by atoms with E-state index >= 15 is 0 Å². The number of fused-ring (bicyclic) bond motifs is 2. The van der Waals surface area contributed by atoms with E-state index in [-0.39, 0.29) is 6.04 Å². The van der Waals surface area contributed by atoms with E-state index in [4.69, 9.17) is 0 Å². The fourth-order valence-electron chi connectivity index (χ4n) is 4.95. The van der Waals surface area contributed by atoms with E-state index in [0.717, 1.165) is 50.8 Å². The fraction of sp³-hybridized carbons (Fsp3) is 0.375. The van der Waals surface area contributed by atoms with Crippen molar-refractivity contribution in [3.63, 3.8) is 0 Å². The van der Waals surface area contributed by atoms with Gasteiger partial charge in [-0.25, -0.2) is 13.1 Å². The lowest BCUT2D eigenvalue weighted by Gasteiger charge is -2.35. The van der Waals surface area contributed by atoms with Crippen LogP contribution < -0.4 is 14.9 Å². The van der Waals surface area contributed by atoms with Gasteiger partial charge in [-0.2, -0.15) is 0 Å². The molecule has 1 aliphatic carbocycles. The molecule has 0 bridgehead atoms. The minimum absolute atomic E-state index is 0.113. The molecule has 1 aliphatic heterocycles. The van der Waals surface area contributed by atoms with E-state index in [1.54, 1.807) is 30.6 Å². The van der Waals surface area contributed by atoms with Crippen LogP contribution in [-0.4, -0.2) is 45.6 Å². The van der Waals surface area contributed by atoms with Crippen molar-refractivity contribution in [2.45, 2.75) is 37.1 Å². The molecule has 0 unspecified atom stereocenters. The third-order valence-electron chi connectivity index (χ3n) is 6.54. The number of aryl methyl sites for hydroxylation is 1. The highest BCUT2D eigenvalue weighted by Crippen LogP contribution is 2.34. The third-order valence-corrected chi connectivity index (χ3v) is 8.12. The monoisotopic (exact) mass is 436 g/mol. The zero-order chi connectivity index (χ0) is 21.4. The molecule has 2 aromatic carbocycles. The highest BCUT2D eigenvalue weighted by atomic mass is 32.2. The number of pyridine rings is 1. The van der Waals surface area contributed by atoms with Gasteiger partial charge in [0.15, 0.2) is 0 Å². The lowest BCUT2D eigenvalue weighted by atomic mass is 9.84. The first-order valence-electron chi connectivity index (χ1n) is 10.9. The Bertz CT molecular complexity index is 1210. The number of nitrogens with one attached hydrogen (secondary N) is 2. The SMILES string of the molecule is Cc1ccc(N2CCNCC2)c2c1CC[C@@H](NS(=O)(=O)c1cccc3cnccc13)C2. The molecular formula is C24H28N4O2S. The predicted octanol–water partition coefficient (Wildman–Crippen LogP) is 2.79. The Morgan fingerprint density at radius 2 is 1.94 bits per heavy atom. The Morgan fingerprint density at radius 3 is 2.77 bits per heavy atom. The van der Waals surface area contributed by atoms with Gasteiger partial charge in [-0.3, -0.25) is 4.98 Å². The summed E-state index contributed by atoms with van der Waals surface area (Å²) >= 11 is 0. The lowest BCUT2D eigenvalue weighted by molar-refractivity contribution is 0.505. The van der Waals surface area contributed by atoms with E-state index in [0.29, 0.717) is 10.3 Å². The first-order valence-corrected chi connectivity index (χ1v) is 12.4. The fourth-order valence-corrected chi connectivity index (χ4v) is 6.45. The van der Waals surface area contributed by atoms with Crippen LogP contribution in [0.5, 0.6) is 0 Å². The molecule has 0 amide bonds. The highest BCUT2D eigenvalue weighted by molar-refractivity contribution is 7.89. The van der Waals surface area contributed by atoms with Crippen LogP contribution in [0, 0.1) is 6.92 Å². The van der Waals surface area contributed by atoms with Gasteiger partial charge in [-0.1, -0.05) is 18.2 Å². The topological polar surface area (TPSA) is 74.3 Å². The summed E-state index contributed by atoms with van der Waals surface area (Å²) in [7, 11) is -3.64. The first-order chi connectivity index (χ1) is 15.0. The van der Waals surface area contributed by atoms with Crippen molar-refractivity contribution in [1.29, 1.82) is 0 Å². The molecule has 1 atom stereocenters. The second-order valence-electron chi connectivity index (χ2n) is 8.51. The van der Waals surface area contributed by atoms with E-state index < -0.39 is 10.0 Å². The molecule has 2 heterocycles. The quantitative estimate of drug-likeness (QED) is 0.658. The first kappa shape index (κ1) is 20.4. The van der Waals surface area contributed by atoms with Gasteiger partial charge in [0.25, 0.3) is 0 Å². The summed E-state index contributed by atoms with van der Waals surface area (Å²) in [6.07, 6.45) is 5.77. The van der Waals surface area contributed by atoms with E-state index in [9.17, 15) is 8.42 Å². The van der Waals surface area contributed by atoms with Gasteiger partial charge in [0.05, 0.1) is 4.90 Å². The second-order valence-corrected chi connectivity index (χ2v) is 10.2. The Hall–Kier alpha value is -2.48. The average Bonchev–Trinajstić information content (AvgIpc) is 2.79.